The van der Waals surface area contributed by atoms with E-state index in [2.05, 4.69) is 5.10 Å². The van der Waals surface area contributed by atoms with Gasteiger partial charge in [0.05, 0.1) is 29.7 Å². The van der Waals surface area contributed by atoms with Crippen LogP contribution in [-0.2, 0) is 18.3 Å². The molecule has 0 aliphatic heterocycles. The van der Waals surface area contributed by atoms with Crippen LogP contribution in [0.4, 0.5) is 0 Å². The summed E-state index contributed by atoms with van der Waals surface area (Å²) in [5.41, 5.74) is 1.47. The van der Waals surface area contributed by atoms with Crippen LogP contribution in [0, 0.1) is 0 Å². The van der Waals surface area contributed by atoms with Crippen molar-refractivity contribution in [1.82, 2.24) is 14.3 Å². The van der Waals surface area contributed by atoms with E-state index in [1.165, 1.54) is 15.3 Å². The molecule has 3 rings (SSSR count). The van der Waals surface area contributed by atoms with Gasteiger partial charge in [-0.05, 0) is 17.7 Å². The summed E-state index contributed by atoms with van der Waals surface area (Å²) in [5.74, 6) is 0. The number of fused-ring (bicyclic) bond motifs is 1. The summed E-state index contributed by atoms with van der Waals surface area (Å²) in [6, 6.07) is 8.48. The maximum absolute atomic E-state index is 12.7. The second-order valence-electron chi connectivity index (χ2n) is 5.25. The Morgan fingerprint density at radius 3 is 2.57 bits per heavy atom. The van der Waals surface area contributed by atoms with Gasteiger partial charge in [-0.2, -0.15) is 0 Å². The van der Waals surface area contributed by atoms with Crippen LogP contribution in [0.1, 0.15) is 0 Å². The van der Waals surface area contributed by atoms with Gasteiger partial charge in [-0.3, -0.25) is 14.7 Å². The highest BCUT2D eigenvalue weighted by atomic mass is 35.5. The molecule has 120 valence electrons. The Hall–Kier alpha value is -2.31. The number of aromatic nitrogens is 3. The Balaban J connectivity index is 2.32. The lowest BCUT2D eigenvalue weighted by atomic mass is 10.1. The molecule has 23 heavy (non-hydrogen) atoms. The number of rotatable bonds is 4. The molecule has 0 unspecified atom stereocenters. The average molecular weight is 334 g/mol. The highest BCUT2D eigenvalue weighted by Gasteiger charge is 2.16. The fourth-order valence-electron chi connectivity index (χ4n) is 2.62. The minimum absolute atomic E-state index is 0.183. The van der Waals surface area contributed by atoms with Crippen LogP contribution in [0.15, 0.2) is 39.9 Å². The summed E-state index contributed by atoms with van der Waals surface area (Å²) in [5, 5.41) is 4.05. The van der Waals surface area contributed by atoms with E-state index < -0.39 is 0 Å². The van der Waals surface area contributed by atoms with E-state index >= 15 is 0 Å². The number of pyridine rings is 1. The van der Waals surface area contributed by atoms with E-state index in [1.807, 2.05) is 0 Å². The van der Waals surface area contributed by atoms with Crippen molar-refractivity contribution in [3.8, 4) is 11.3 Å². The van der Waals surface area contributed by atoms with Crippen molar-refractivity contribution in [2.45, 2.75) is 6.54 Å². The van der Waals surface area contributed by atoms with Gasteiger partial charge in [0.25, 0.3) is 11.1 Å². The van der Waals surface area contributed by atoms with Crippen LogP contribution < -0.4 is 11.1 Å². The van der Waals surface area contributed by atoms with Gasteiger partial charge in [-0.1, -0.05) is 23.7 Å². The van der Waals surface area contributed by atoms with Crippen molar-refractivity contribution < 1.29 is 4.74 Å². The minimum atomic E-state index is -0.192. The summed E-state index contributed by atoms with van der Waals surface area (Å²) in [4.78, 5) is 24.9. The molecule has 2 heterocycles. The summed E-state index contributed by atoms with van der Waals surface area (Å²) in [6.07, 6.45) is 0. The van der Waals surface area contributed by atoms with E-state index in [-0.39, 0.29) is 11.1 Å². The molecular weight excluding hydrogens is 318 g/mol. The molecule has 0 amide bonds. The number of ether oxygens (including phenoxy) is 1. The first-order valence-corrected chi connectivity index (χ1v) is 7.48. The average Bonchev–Trinajstić information content (AvgIpc) is 2.84. The largest absolute Gasteiger partial charge is 0.383 e. The molecule has 0 atom stereocenters. The Morgan fingerprint density at radius 1 is 1.22 bits per heavy atom. The maximum Gasteiger partial charge on any atom is 0.276 e. The van der Waals surface area contributed by atoms with Gasteiger partial charge in [0.1, 0.15) is 0 Å². The normalized spacial score (nSPS) is 11.3. The lowest BCUT2D eigenvalue weighted by Gasteiger charge is -2.09. The lowest BCUT2D eigenvalue weighted by molar-refractivity contribution is 0.183. The van der Waals surface area contributed by atoms with Crippen LogP contribution in [-0.4, -0.2) is 28.1 Å². The second kappa shape index (κ2) is 6.06. The molecule has 3 aromatic rings. The van der Waals surface area contributed by atoms with Gasteiger partial charge in [-0.25, -0.2) is 4.68 Å². The number of methoxy groups -OCH3 is 1. The minimum Gasteiger partial charge on any atom is -0.383 e. The van der Waals surface area contributed by atoms with Crippen LogP contribution in [0.2, 0.25) is 5.02 Å². The molecule has 0 fully saturated rings. The first-order valence-electron chi connectivity index (χ1n) is 7.10. The van der Waals surface area contributed by atoms with Crippen molar-refractivity contribution in [2.75, 3.05) is 13.7 Å². The van der Waals surface area contributed by atoms with Crippen molar-refractivity contribution in [1.29, 1.82) is 0 Å². The smallest absolute Gasteiger partial charge is 0.276 e. The molecule has 6 nitrogen and oxygen atoms in total. The van der Waals surface area contributed by atoms with Crippen molar-refractivity contribution in [3.63, 3.8) is 0 Å². The predicted octanol–water partition coefficient (Wildman–Crippen LogP) is 2.00. The number of nitrogens with one attached hydrogen (secondary N) is 1. The van der Waals surface area contributed by atoms with Crippen molar-refractivity contribution >= 4 is 22.5 Å². The highest BCUT2D eigenvalue weighted by Crippen LogP contribution is 2.25. The molecule has 0 bridgehead atoms. The standard InChI is InChI=1S/C16H16ClN3O3/c1-19-13(21)9-12-14(16(22)20(18-12)7-8-23-2)15(19)10-3-5-11(17)6-4-10/h3-6,9,18H,7-8H2,1-2H3. The maximum atomic E-state index is 12.7. The molecule has 0 saturated carbocycles. The summed E-state index contributed by atoms with van der Waals surface area (Å²) >= 11 is 5.93. The number of benzene rings is 1. The van der Waals surface area contributed by atoms with Crippen LogP contribution in [0.25, 0.3) is 22.2 Å². The topological polar surface area (TPSA) is 69.0 Å². The van der Waals surface area contributed by atoms with Gasteiger partial charge in [0.2, 0.25) is 0 Å². The SMILES string of the molecule is COCCn1[nH]c2cc(=O)n(C)c(-c3ccc(Cl)cc3)c2c1=O. The third-order valence-corrected chi connectivity index (χ3v) is 4.04. The van der Waals surface area contributed by atoms with E-state index in [4.69, 9.17) is 16.3 Å². The molecule has 7 heteroatoms. The third kappa shape index (κ3) is 2.71. The zero-order valence-corrected chi connectivity index (χ0v) is 13.6. The van der Waals surface area contributed by atoms with E-state index in [0.29, 0.717) is 34.8 Å². The molecule has 2 aromatic heterocycles. The fourth-order valence-corrected chi connectivity index (χ4v) is 2.75. The number of H-pyrrole nitrogens is 1. The number of hydrogen-bond acceptors (Lipinski definition) is 3. The first kappa shape index (κ1) is 15.6. The molecular formula is C16H16ClN3O3. The number of hydrogen-bond donors (Lipinski definition) is 1. The van der Waals surface area contributed by atoms with Crippen LogP contribution in [0.3, 0.4) is 0 Å². The lowest BCUT2D eigenvalue weighted by Crippen LogP contribution is -2.21. The molecule has 1 aromatic carbocycles. The Morgan fingerprint density at radius 2 is 1.91 bits per heavy atom. The molecule has 0 saturated heterocycles. The number of aromatic amines is 1. The van der Waals surface area contributed by atoms with E-state index in [0.717, 1.165) is 5.56 Å². The summed E-state index contributed by atoms with van der Waals surface area (Å²) < 4.78 is 7.94. The molecule has 1 N–H and O–H groups in total. The highest BCUT2D eigenvalue weighted by molar-refractivity contribution is 6.30. The zero-order valence-electron chi connectivity index (χ0n) is 12.8. The second-order valence-corrected chi connectivity index (χ2v) is 5.68. The van der Waals surface area contributed by atoms with Crippen molar-refractivity contribution in [2.24, 2.45) is 7.05 Å². The molecule has 0 radical (unpaired) electrons. The first-order chi connectivity index (χ1) is 11.0. The summed E-state index contributed by atoms with van der Waals surface area (Å²) in [7, 11) is 3.22. The van der Waals surface area contributed by atoms with Gasteiger partial charge in [0.15, 0.2) is 0 Å². The molecule has 0 aliphatic rings. The third-order valence-electron chi connectivity index (χ3n) is 3.79. The van der Waals surface area contributed by atoms with Gasteiger partial charge < -0.3 is 9.30 Å². The van der Waals surface area contributed by atoms with E-state index in [9.17, 15) is 9.59 Å². The fraction of sp³-hybridized carbons (Fsp3) is 0.250. The van der Waals surface area contributed by atoms with Gasteiger partial charge >= 0.3 is 0 Å². The number of nitrogens with zero attached hydrogens (tertiary/aromatic N) is 2. The quantitative estimate of drug-likeness (QED) is 0.794. The Bertz CT molecular complexity index is 967. The predicted molar refractivity (Wildman–Crippen MR) is 90.1 cm³/mol. The Kier molecular flexibility index (Phi) is 4.11. The van der Waals surface area contributed by atoms with Crippen molar-refractivity contribution in [3.05, 3.63) is 56.1 Å². The van der Waals surface area contributed by atoms with Gasteiger partial charge in [0, 0.05) is 25.2 Å². The summed E-state index contributed by atoms with van der Waals surface area (Å²) in [6.45, 7) is 0.793. The van der Waals surface area contributed by atoms with Crippen LogP contribution in [0.5, 0.6) is 0 Å². The van der Waals surface area contributed by atoms with E-state index in [1.54, 1.807) is 38.4 Å². The molecule has 0 aliphatic carbocycles. The molecule has 0 spiro atoms. The monoisotopic (exact) mass is 333 g/mol. The van der Waals surface area contributed by atoms with Gasteiger partial charge in [-0.15, -0.1) is 0 Å². The van der Waals surface area contributed by atoms with Crippen LogP contribution >= 0.6 is 11.6 Å². The zero-order chi connectivity index (χ0) is 16.6. The Labute approximate surface area is 136 Å². The number of halogens is 1.